The number of amides is 2. The first-order valence-electron chi connectivity index (χ1n) is 16.4. The van der Waals surface area contributed by atoms with E-state index in [4.69, 9.17) is 11.6 Å². The van der Waals surface area contributed by atoms with Crippen LogP contribution >= 0.6 is 11.6 Å². The van der Waals surface area contributed by atoms with Crippen LogP contribution in [0.3, 0.4) is 0 Å². The topological polar surface area (TPSA) is 64.7 Å². The van der Waals surface area contributed by atoms with Crippen LogP contribution < -0.4 is 10.6 Å². The molecular formula is C38H43ClN4O2. The van der Waals surface area contributed by atoms with Crippen molar-refractivity contribution in [2.45, 2.75) is 50.1 Å². The van der Waals surface area contributed by atoms with Gasteiger partial charge in [0.1, 0.15) is 0 Å². The minimum Gasteiger partial charge on any atom is -0.350 e. The Morgan fingerprint density at radius 2 is 1.51 bits per heavy atom. The maximum Gasteiger partial charge on any atom is 0.251 e. The molecule has 4 aromatic rings. The van der Waals surface area contributed by atoms with Gasteiger partial charge in [-0.15, -0.1) is 0 Å². The molecule has 2 saturated heterocycles. The van der Waals surface area contributed by atoms with E-state index >= 15 is 0 Å². The number of fused-ring (bicyclic) bond motifs is 1. The van der Waals surface area contributed by atoms with Crippen molar-refractivity contribution in [1.82, 2.24) is 20.4 Å². The predicted molar refractivity (Wildman–Crippen MR) is 183 cm³/mol. The molecule has 2 heterocycles. The molecule has 0 radical (unpaired) electrons. The van der Waals surface area contributed by atoms with Gasteiger partial charge in [0, 0.05) is 48.7 Å². The quantitative estimate of drug-likeness (QED) is 0.212. The highest BCUT2D eigenvalue weighted by Gasteiger charge is 2.33. The third kappa shape index (κ3) is 8.12. The lowest BCUT2D eigenvalue weighted by atomic mass is 9.90. The summed E-state index contributed by atoms with van der Waals surface area (Å²) >= 11 is 6.14. The Morgan fingerprint density at radius 1 is 0.844 bits per heavy atom. The molecule has 6 rings (SSSR count). The summed E-state index contributed by atoms with van der Waals surface area (Å²) in [6, 6.07) is 32.0. The van der Waals surface area contributed by atoms with E-state index < -0.39 is 0 Å². The normalized spacial score (nSPS) is 19.5. The predicted octanol–water partition coefficient (Wildman–Crippen LogP) is 6.49. The van der Waals surface area contributed by atoms with E-state index in [0.717, 1.165) is 43.2 Å². The number of benzene rings is 4. The summed E-state index contributed by atoms with van der Waals surface area (Å²) in [6.07, 6.45) is 5.26. The molecule has 234 valence electrons. The van der Waals surface area contributed by atoms with Crippen molar-refractivity contribution in [2.24, 2.45) is 0 Å². The second-order valence-corrected chi connectivity index (χ2v) is 12.9. The zero-order chi connectivity index (χ0) is 31.0. The van der Waals surface area contributed by atoms with Crippen LogP contribution in [0.5, 0.6) is 0 Å². The first-order valence-corrected chi connectivity index (χ1v) is 16.8. The van der Waals surface area contributed by atoms with E-state index in [1.165, 1.54) is 30.4 Å². The molecule has 2 amide bonds. The minimum absolute atomic E-state index is 0.0135. The molecule has 4 aromatic carbocycles. The molecule has 0 aromatic heterocycles. The third-order valence-electron chi connectivity index (χ3n) is 9.36. The Labute approximate surface area is 271 Å². The van der Waals surface area contributed by atoms with Gasteiger partial charge in [0.25, 0.3) is 5.91 Å². The fourth-order valence-corrected chi connectivity index (χ4v) is 6.98. The van der Waals surface area contributed by atoms with Crippen molar-refractivity contribution in [3.63, 3.8) is 0 Å². The van der Waals surface area contributed by atoms with Gasteiger partial charge in [-0.25, -0.2) is 0 Å². The molecular weight excluding hydrogens is 580 g/mol. The molecule has 0 unspecified atom stereocenters. The molecule has 0 saturated carbocycles. The molecule has 2 aliphatic heterocycles. The van der Waals surface area contributed by atoms with E-state index in [1.54, 1.807) is 0 Å². The highest BCUT2D eigenvalue weighted by molar-refractivity contribution is 6.31. The van der Waals surface area contributed by atoms with E-state index in [1.807, 2.05) is 48.5 Å². The standard InChI is InChI=1S/C38H43ClN4O2/c39-33-17-16-30-24-32(15-14-31(30)25-33)37(44)40-26-34-18-23-43(38(45)36(41-34)19-22-42-20-8-3-9-21-42)27-35(28-10-4-1-5-11-28)29-12-6-2-7-13-29/h1-2,4-7,10-17,24-25,34-36,41H,3,8-9,18-23,26-27H2,(H,40,44)/t34-,36-/m1/s1. The van der Waals surface area contributed by atoms with Gasteiger partial charge in [-0.05, 0) is 84.9 Å². The average Bonchev–Trinajstić information content (AvgIpc) is 3.23. The summed E-state index contributed by atoms with van der Waals surface area (Å²) in [5.41, 5.74) is 3.03. The van der Waals surface area contributed by atoms with E-state index in [0.29, 0.717) is 30.2 Å². The average molecular weight is 623 g/mol. The Bertz CT molecular complexity index is 1540. The SMILES string of the molecule is O=C(NC[C@H]1CCN(CC(c2ccccc2)c2ccccc2)C(=O)[C@@H](CCN2CCCCC2)N1)c1ccc2cc(Cl)ccc2c1. The first kappa shape index (κ1) is 31.3. The van der Waals surface area contributed by atoms with Crippen molar-refractivity contribution >= 4 is 34.2 Å². The Hall–Kier alpha value is -3.71. The van der Waals surface area contributed by atoms with Gasteiger partial charge in [-0.1, -0.05) is 90.8 Å². The number of nitrogens with one attached hydrogen (secondary N) is 2. The van der Waals surface area contributed by atoms with Gasteiger partial charge in [0.15, 0.2) is 0 Å². The number of hydrogen-bond acceptors (Lipinski definition) is 4. The summed E-state index contributed by atoms with van der Waals surface area (Å²) in [6.45, 7) is 4.82. The number of hydrogen-bond donors (Lipinski definition) is 2. The zero-order valence-corrected chi connectivity index (χ0v) is 26.6. The lowest BCUT2D eigenvalue weighted by molar-refractivity contribution is -0.133. The lowest BCUT2D eigenvalue weighted by Crippen LogP contribution is -2.50. The molecule has 0 spiro atoms. The minimum atomic E-state index is -0.297. The highest BCUT2D eigenvalue weighted by Crippen LogP contribution is 2.27. The number of likely N-dealkylation sites (tertiary alicyclic amines) is 1. The second kappa shape index (κ2) is 15.0. The van der Waals surface area contributed by atoms with Crippen molar-refractivity contribution in [2.75, 3.05) is 39.3 Å². The Balaban J connectivity index is 1.17. The first-order chi connectivity index (χ1) is 22.0. The van der Waals surface area contributed by atoms with Crippen LogP contribution in [-0.4, -0.2) is 73.0 Å². The summed E-state index contributed by atoms with van der Waals surface area (Å²) in [7, 11) is 0. The number of carbonyl (C=O) groups is 2. The number of piperidine rings is 1. The number of rotatable bonds is 10. The van der Waals surface area contributed by atoms with Crippen LogP contribution in [0.4, 0.5) is 0 Å². The van der Waals surface area contributed by atoms with Crippen LogP contribution in [0.1, 0.15) is 59.5 Å². The highest BCUT2D eigenvalue weighted by atomic mass is 35.5. The fraction of sp³-hybridized carbons (Fsp3) is 0.368. The largest absolute Gasteiger partial charge is 0.350 e. The molecule has 2 aliphatic rings. The van der Waals surface area contributed by atoms with Crippen LogP contribution in [0.2, 0.25) is 5.02 Å². The Morgan fingerprint density at radius 3 is 2.22 bits per heavy atom. The lowest BCUT2D eigenvalue weighted by Gasteiger charge is -2.31. The number of halogens is 1. The fourth-order valence-electron chi connectivity index (χ4n) is 6.80. The third-order valence-corrected chi connectivity index (χ3v) is 9.59. The van der Waals surface area contributed by atoms with E-state index in [2.05, 4.69) is 69.0 Å². The van der Waals surface area contributed by atoms with Gasteiger partial charge >= 0.3 is 0 Å². The van der Waals surface area contributed by atoms with Crippen molar-refractivity contribution in [1.29, 1.82) is 0 Å². The van der Waals surface area contributed by atoms with Crippen molar-refractivity contribution in [3.05, 3.63) is 119 Å². The monoisotopic (exact) mass is 622 g/mol. The molecule has 2 N–H and O–H groups in total. The number of carbonyl (C=O) groups excluding carboxylic acids is 2. The Kier molecular flexibility index (Phi) is 10.5. The van der Waals surface area contributed by atoms with Crippen LogP contribution in [0.25, 0.3) is 10.8 Å². The van der Waals surface area contributed by atoms with E-state index in [-0.39, 0.29) is 29.8 Å². The van der Waals surface area contributed by atoms with Gasteiger partial charge in [-0.2, -0.15) is 0 Å². The summed E-state index contributed by atoms with van der Waals surface area (Å²) in [5.74, 6) is 0.128. The summed E-state index contributed by atoms with van der Waals surface area (Å²) in [5, 5.41) is 9.49. The van der Waals surface area contributed by atoms with Crippen molar-refractivity contribution in [3.8, 4) is 0 Å². The van der Waals surface area contributed by atoms with Gasteiger partial charge in [-0.3, -0.25) is 9.59 Å². The second-order valence-electron chi connectivity index (χ2n) is 12.5. The smallest absolute Gasteiger partial charge is 0.251 e. The molecule has 45 heavy (non-hydrogen) atoms. The molecule has 2 fully saturated rings. The summed E-state index contributed by atoms with van der Waals surface area (Å²) < 4.78 is 0. The zero-order valence-electron chi connectivity index (χ0n) is 25.8. The molecule has 0 bridgehead atoms. The molecule has 7 heteroatoms. The van der Waals surface area contributed by atoms with Crippen LogP contribution in [0.15, 0.2) is 97.1 Å². The van der Waals surface area contributed by atoms with Gasteiger partial charge in [0.05, 0.1) is 6.04 Å². The molecule has 6 nitrogen and oxygen atoms in total. The van der Waals surface area contributed by atoms with Crippen LogP contribution in [-0.2, 0) is 4.79 Å². The summed E-state index contributed by atoms with van der Waals surface area (Å²) in [4.78, 5) is 32.0. The maximum atomic E-state index is 14.2. The maximum absolute atomic E-state index is 14.2. The van der Waals surface area contributed by atoms with Crippen molar-refractivity contribution < 1.29 is 9.59 Å². The van der Waals surface area contributed by atoms with Gasteiger partial charge < -0.3 is 20.4 Å². The molecule has 0 aliphatic carbocycles. The number of nitrogens with zero attached hydrogens (tertiary/aromatic N) is 2. The van der Waals surface area contributed by atoms with Gasteiger partial charge in [0.2, 0.25) is 5.91 Å². The molecule has 2 atom stereocenters. The van der Waals surface area contributed by atoms with Crippen LogP contribution in [0, 0.1) is 0 Å². The van der Waals surface area contributed by atoms with E-state index in [9.17, 15) is 9.59 Å².